The minimum Gasteiger partial charge on any atom is -0.661 e. The predicted molar refractivity (Wildman–Crippen MR) is 511 cm³/mol. The average molecular weight is 1630 g/mol. The number of nitrogens with zero attached hydrogens (tertiary/aromatic N) is 4. The van der Waals surface area contributed by atoms with Crippen LogP contribution in [-0.4, -0.2) is 149 Å². The van der Waals surface area contributed by atoms with Crippen molar-refractivity contribution >= 4 is 121 Å². The number of hydrogen-bond acceptors (Lipinski definition) is 2. The van der Waals surface area contributed by atoms with Crippen molar-refractivity contribution in [2.75, 3.05) is 26.4 Å². The molecule has 626 valence electrons. The van der Waals surface area contributed by atoms with Gasteiger partial charge in [0.25, 0.3) is 0 Å². The Hall–Kier alpha value is -5.76. The van der Waals surface area contributed by atoms with Gasteiger partial charge < -0.3 is 30.1 Å². The van der Waals surface area contributed by atoms with Crippen LogP contribution in [0.2, 0.25) is 0 Å². The van der Waals surface area contributed by atoms with E-state index in [-0.39, 0.29) is 87.6 Å². The van der Waals surface area contributed by atoms with Gasteiger partial charge in [0.1, 0.15) is 0 Å². The minimum absolute atomic E-state index is 0. The maximum absolute atomic E-state index is 5.10. The number of nitrogens with one attached hydrogen (secondary N) is 4. The van der Waals surface area contributed by atoms with Gasteiger partial charge in [0.2, 0.25) is 11.4 Å². The van der Waals surface area contributed by atoms with Gasteiger partial charge in [-0.2, -0.15) is 11.4 Å². The fourth-order valence-corrected chi connectivity index (χ4v) is 12.5. The van der Waals surface area contributed by atoms with Gasteiger partial charge in [-0.15, -0.1) is 11.4 Å². The van der Waals surface area contributed by atoms with Gasteiger partial charge in [-0.25, -0.2) is 9.98 Å². The molecule has 0 unspecified atom stereocenters. The standard InChI is InChI=1S/2C29H41N2.2C16H21N2.C6H14.2C4H8O.2Ca/c2*1-18(2)24-13-11-14-25(19(3)4)28(24)30-22(9)17-23(10)31-29-26(20(5)6)15-12-16-27(29)21(7)8;2*1-12(2)17-16(18-13(3)4)11-10-15-8-6-14(5)7-9-15;1-3-5-6-4-2;2*1-2-4-5-3-1;;/h2*11-21H,1-10H3;2*6-9,12-13H,1-5H3;3-6H2,1-2H3;2*1-4H2;;/q4*-1;;;;2*+2/p+4/b2*22-17-,31-23?;;;;;;;. The van der Waals surface area contributed by atoms with Crippen molar-refractivity contribution < 1.29 is 29.4 Å². The van der Waals surface area contributed by atoms with Crippen LogP contribution in [0.4, 0.5) is 22.7 Å². The zero-order valence-electron chi connectivity index (χ0n) is 79.1. The van der Waals surface area contributed by atoms with E-state index in [0.717, 1.165) is 83.4 Å². The number of unbranched alkanes of at least 4 members (excludes halogenated alkanes) is 3. The van der Waals surface area contributed by atoms with Gasteiger partial charge >= 0.3 is 75.5 Å². The summed E-state index contributed by atoms with van der Waals surface area (Å²) >= 11 is 0. The fraction of sp³-hybridized carbons (Fsp3) is 0.538. The number of benzene rings is 6. The average Bonchev–Trinajstić information content (AvgIpc) is 0.902. The third kappa shape index (κ3) is 45.6. The van der Waals surface area contributed by atoms with E-state index in [0.29, 0.717) is 59.4 Å². The smallest absolute Gasteiger partial charge is 0.661 e. The van der Waals surface area contributed by atoms with E-state index in [4.69, 9.17) is 20.1 Å². The maximum Gasteiger partial charge on any atom is 2.00 e. The van der Waals surface area contributed by atoms with Crippen LogP contribution in [0.25, 0.3) is 21.3 Å². The van der Waals surface area contributed by atoms with Crippen LogP contribution in [0.3, 0.4) is 0 Å². The molecule has 0 aromatic heterocycles. The van der Waals surface area contributed by atoms with Gasteiger partial charge in [-0.3, -0.25) is 10.6 Å². The number of hydrogen-bond donors (Lipinski definition) is 4. The largest absolute Gasteiger partial charge is 2.00 e. The summed E-state index contributed by atoms with van der Waals surface area (Å²) in [5.74, 6) is 17.7. The fourth-order valence-electron chi connectivity index (χ4n) is 12.5. The second kappa shape index (κ2) is 61.5. The van der Waals surface area contributed by atoms with E-state index in [1.54, 1.807) is 0 Å². The van der Waals surface area contributed by atoms with E-state index in [1.165, 1.54) is 118 Å². The van der Waals surface area contributed by atoms with Gasteiger partial charge in [0, 0.05) is 97.8 Å². The Morgan fingerprint density at radius 3 is 0.802 bits per heavy atom. The normalized spacial score (nSPS) is 13.1. The van der Waals surface area contributed by atoms with Crippen LogP contribution >= 0.6 is 0 Å². The first kappa shape index (κ1) is 110. The van der Waals surface area contributed by atoms with Crippen LogP contribution in [0.1, 0.15) is 373 Å². The Labute approximate surface area is 770 Å². The second-order valence-corrected chi connectivity index (χ2v) is 34.2. The summed E-state index contributed by atoms with van der Waals surface area (Å²) in [6.07, 6.45) is 15.0. The first-order chi connectivity index (χ1) is 53.9. The number of allylic oxidation sites excluding steroid dienone is 4. The van der Waals surface area contributed by atoms with Crippen molar-refractivity contribution in [2.24, 2.45) is 0 Å². The van der Waals surface area contributed by atoms with Crippen molar-refractivity contribution in [3.8, 4) is 23.7 Å². The van der Waals surface area contributed by atoms with Crippen LogP contribution in [-0.2, 0) is 9.47 Å². The summed E-state index contributed by atoms with van der Waals surface area (Å²) in [7, 11) is 0. The summed E-state index contributed by atoms with van der Waals surface area (Å²) in [6.45, 7) is 73.6. The summed E-state index contributed by atoms with van der Waals surface area (Å²) in [5, 5.41) is 19.2. The van der Waals surface area contributed by atoms with Gasteiger partial charge in [-0.05, 0) is 191 Å². The second-order valence-electron chi connectivity index (χ2n) is 34.2. The molecule has 0 atom stereocenters. The van der Waals surface area contributed by atoms with Gasteiger partial charge in [0.15, 0.2) is 23.1 Å². The van der Waals surface area contributed by atoms with E-state index in [9.17, 15) is 0 Å². The molecular weight excluding hydrogens is 1470 g/mol. The molecule has 0 spiro atoms. The summed E-state index contributed by atoms with van der Waals surface area (Å²) < 4.78 is 9.89. The monoisotopic (exact) mass is 1630 g/mol. The Morgan fingerprint density at radius 2 is 0.603 bits per heavy atom. The van der Waals surface area contributed by atoms with Crippen LogP contribution in [0.5, 0.6) is 0 Å². The summed E-state index contributed by atoms with van der Waals surface area (Å²) in [6, 6.07) is 44.1. The van der Waals surface area contributed by atoms with Crippen molar-refractivity contribution in [3.05, 3.63) is 233 Å². The Kier molecular flexibility index (Phi) is 58.5. The van der Waals surface area contributed by atoms with E-state index >= 15 is 0 Å². The zero-order valence-corrected chi connectivity index (χ0v) is 83.6. The molecule has 116 heavy (non-hydrogen) atoms. The molecule has 10 nitrogen and oxygen atoms in total. The topological polar surface area (TPSA) is 131 Å². The molecule has 0 aliphatic carbocycles. The number of amidine groups is 2. The number of rotatable bonds is 23. The molecule has 2 heterocycles. The Balaban J connectivity index is 0.00000144. The van der Waals surface area contributed by atoms with E-state index in [2.05, 4.69) is 385 Å². The summed E-state index contributed by atoms with van der Waals surface area (Å²) in [5.41, 5.74) is 24.3. The van der Waals surface area contributed by atoms with Crippen LogP contribution < -0.4 is 20.0 Å². The quantitative estimate of drug-likeness (QED) is 0.0167. The molecular formula is C104H158Ca2N8O2+4. The van der Waals surface area contributed by atoms with Crippen molar-refractivity contribution in [2.45, 2.75) is 344 Å². The van der Waals surface area contributed by atoms with Crippen molar-refractivity contribution in [1.82, 2.24) is 0 Å². The van der Waals surface area contributed by atoms with Gasteiger partial charge in [0.05, 0.1) is 0 Å². The van der Waals surface area contributed by atoms with E-state index < -0.39 is 0 Å². The number of aryl methyl sites for hydroxylation is 2. The maximum atomic E-state index is 5.10. The molecule has 0 amide bonds. The van der Waals surface area contributed by atoms with Crippen LogP contribution in [0.15, 0.2) is 145 Å². The number of para-hydroxylation sites is 4. The molecule has 12 heteroatoms. The SMILES string of the molecule is C1CCOC1.C1CCOC1.CC(/C=C(/C)[N-]c1c(C(C)C)cccc1C(C)C)=[NH+]c1c(C(C)C)cccc1C(C)C.CC(/C=C(/C)[N-]c1c(C(C)C)cccc1C(C)C)=[NH+]c1c(C(C)C)cccc1C(C)C.CCCCCC.Cc1ccc(C#CC([N-]C(C)C)=[NH+]C(C)C)cc1.Cc1ccc(C#CC([N-]C(C)C)=[NH+]C(C)C)cc1.[Ca+2].[Ca+2]. The molecule has 6 aromatic carbocycles. The molecule has 0 radical (unpaired) electrons. The van der Waals surface area contributed by atoms with Gasteiger partial charge in [-0.1, -0.05) is 306 Å². The molecule has 8 rings (SSSR count). The molecule has 2 aliphatic rings. The van der Waals surface area contributed by atoms with Crippen LogP contribution in [0, 0.1) is 37.5 Å². The zero-order chi connectivity index (χ0) is 85.6. The predicted octanol–water partition coefficient (Wildman–Crippen LogP) is 23.4. The number of ether oxygens (including phenoxy) is 2. The minimum atomic E-state index is 0. The third-order valence-electron chi connectivity index (χ3n) is 18.5. The molecule has 2 fully saturated rings. The Morgan fingerprint density at radius 1 is 0.362 bits per heavy atom. The van der Waals surface area contributed by atoms with E-state index in [1.807, 2.05) is 24.3 Å². The Bertz CT molecular complexity index is 3670. The molecule has 2 saturated heterocycles. The molecule has 0 saturated carbocycles. The molecule has 6 aromatic rings. The molecule has 0 bridgehead atoms. The third-order valence-corrected chi connectivity index (χ3v) is 18.5. The molecule has 4 N–H and O–H groups in total. The van der Waals surface area contributed by atoms with Crippen molar-refractivity contribution in [3.63, 3.8) is 0 Å². The van der Waals surface area contributed by atoms with Crippen molar-refractivity contribution in [1.29, 1.82) is 0 Å². The first-order valence-electron chi connectivity index (χ1n) is 43.4. The first-order valence-corrected chi connectivity index (χ1v) is 43.4. The molecule has 2 aliphatic heterocycles. The summed E-state index contributed by atoms with van der Waals surface area (Å²) in [4.78, 5) is 14.0.